The fraction of sp³-hybridized carbons (Fsp3) is 0.115. The maximum absolute atomic E-state index is 2.48. The lowest BCUT2D eigenvalue weighted by Gasteiger charge is -2.30. The highest BCUT2D eigenvalue weighted by atomic mass is 15.1. The van der Waals surface area contributed by atoms with Crippen LogP contribution in [0.2, 0.25) is 0 Å². The Bertz CT molecular complexity index is 3140. The summed E-state index contributed by atoms with van der Waals surface area (Å²) in [4.78, 5) is 4.78. The molecule has 0 spiro atoms. The van der Waals surface area contributed by atoms with Gasteiger partial charge in [-0.25, -0.2) is 0 Å². The second-order valence-electron chi connectivity index (χ2n) is 18.6. The van der Waals surface area contributed by atoms with Crippen molar-refractivity contribution in [3.63, 3.8) is 0 Å². The van der Waals surface area contributed by atoms with Crippen LogP contribution in [0.15, 0.2) is 200 Å². The third kappa shape index (κ3) is 6.57. The number of anilines is 6. The number of hydrogen-bond acceptors (Lipinski definition) is 2. The Hall–Kier alpha value is -7.42. The summed E-state index contributed by atoms with van der Waals surface area (Å²) in [7, 11) is 0. The number of fused-ring (bicyclic) bond motifs is 6. The fourth-order valence-corrected chi connectivity index (χ4v) is 10.0. The highest BCUT2D eigenvalue weighted by Gasteiger charge is 2.36. The quantitative estimate of drug-likeness (QED) is 0.141. The van der Waals surface area contributed by atoms with Gasteiger partial charge in [0.1, 0.15) is 0 Å². The summed E-state index contributed by atoms with van der Waals surface area (Å²) < 4.78 is 0. The minimum atomic E-state index is -0.198. The first-order valence-corrected chi connectivity index (χ1v) is 22.2. The van der Waals surface area contributed by atoms with Gasteiger partial charge < -0.3 is 9.80 Å². The van der Waals surface area contributed by atoms with Crippen LogP contribution < -0.4 is 9.80 Å². The molecule has 0 N–H and O–H groups in total. The molecule has 0 saturated carbocycles. The molecule has 0 fully saturated rings. The van der Waals surface area contributed by atoms with E-state index in [0.29, 0.717) is 0 Å². The molecule has 2 aliphatic carbocycles. The third-order valence-electron chi connectivity index (χ3n) is 13.3. The molecule has 0 radical (unpaired) electrons. The van der Waals surface area contributed by atoms with Crippen LogP contribution in [0.1, 0.15) is 62.4 Å². The Kier molecular flexibility index (Phi) is 9.10. The second kappa shape index (κ2) is 14.9. The molecule has 0 bridgehead atoms. The number of benzene rings is 9. The van der Waals surface area contributed by atoms with Gasteiger partial charge in [-0.1, -0.05) is 180 Å². The van der Waals surface area contributed by atoms with E-state index in [1.165, 1.54) is 72.1 Å². The lowest BCUT2D eigenvalue weighted by molar-refractivity contribution is 0.590. The Morgan fingerprint density at radius 2 is 0.857 bits per heavy atom. The van der Waals surface area contributed by atoms with Crippen molar-refractivity contribution < 1.29 is 0 Å². The van der Waals surface area contributed by atoms with Crippen LogP contribution in [0, 0.1) is 0 Å². The van der Waals surface area contributed by atoms with Gasteiger partial charge in [0.05, 0.1) is 5.69 Å². The molecule has 0 atom stereocenters. The molecule has 304 valence electrons. The number of hydrogen-bond donors (Lipinski definition) is 0. The lowest BCUT2D eigenvalue weighted by Crippen LogP contribution is -2.17. The van der Waals surface area contributed by atoms with Gasteiger partial charge in [-0.2, -0.15) is 0 Å². The summed E-state index contributed by atoms with van der Waals surface area (Å²) in [6.45, 7) is 11.6. The maximum atomic E-state index is 2.48. The van der Waals surface area contributed by atoms with E-state index in [-0.39, 0.29) is 10.8 Å². The molecule has 2 nitrogen and oxygen atoms in total. The van der Waals surface area contributed by atoms with Crippen molar-refractivity contribution in [2.24, 2.45) is 0 Å². The molecular weight excluding hydrogens is 761 g/mol. The van der Waals surface area contributed by atoms with E-state index in [1.807, 2.05) is 0 Å². The monoisotopic (exact) mass is 810 g/mol. The first kappa shape index (κ1) is 38.5. The lowest BCUT2D eigenvalue weighted by atomic mass is 9.81. The Balaban J connectivity index is 0.937. The van der Waals surface area contributed by atoms with Gasteiger partial charge >= 0.3 is 0 Å². The molecule has 0 saturated heterocycles. The zero-order chi connectivity index (χ0) is 42.9. The molecule has 0 aromatic heterocycles. The van der Waals surface area contributed by atoms with Crippen molar-refractivity contribution in [1.82, 2.24) is 0 Å². The van der Waals surface area contributed by atoms with Crippen LogP contribution in [0.4, 0.5) is 34.1 Å². The van der Waals surface area contributed by atoms with Crippen LogP contribution >= 0.6 is 0 Å². The highest BCUT2D eigenvalue weighted by molar-refractivity contribution is 6.19. The molecule has 0 unspecified atom stereocenters. The molecule has 9 aromatic rings. The van der Waals surface area contributed by atoms with Gasteiger partial charge in [0.15, 0.2) is 0 Å². The molecule has 63 heavy (non-hydrogen) atoms. The van der Waals surface area contributed by atoms with Crippen molar-refractivity contribution in [2.75, 3.05) is 9.80 Å². The molecule has 0 aliphatic heterocycles. The van der Waals surface area contributed by atoms with E-state index in [2.05, 4.69) is 257 Å². The van der Waals surface area contributed by atoms with Gasteiger partial charge in [-0.3, -0.25) is 0 Å². The van der Waals surface area contributed by atoms with Crippen LogP contribution in [-0.2, 0) is 10.8 Å². The normalized spacial score (nSPS) is 13.2. The Morgan fingerprint density at radius 3 is 1.51 bits per heavy atom. The standard InChI is InChI=1S/C61H50N2/c1-60(2,3)43-28-32-47(33-29-43)63(58-38-37-54-50-20-13-12-19-49(50)53-21-14-22-55(58)59(53)54)48-34-36-52-51-35-27-42(39-56(51)61(4,5)57(52)40-48)24-23-41-25-30-46(31-26-41)62(44-15-8-6-9-16-44)45-17-10-7-11-18-45/h6-40H,1-5H3/b24-23+. The third-order valence-corrected chi connectivity index (χ3v) is 13.3. The Morgan fingerprint density at radius 1 is 0.381 bits per heavy atom. The summed E-state index contributed by atoms with van der Waals surface area (Å²) >= 11 is 0. The minimum absolute atomic E-state index is 0.0617. The van der Waals surface area contributed by atoms with Crippen molar-refractivity contribution >= 4 is 57.0 Å². The van der Waals surface area contributed by atoms with Crippen molar-refractivity contribution in [3.05, 3.63) is 228 Å². The molecule has 0 heterocycles. The van der Waals surface area contributed by atoms with E-state index in [9.17, 15) is 0 Å². The summed E-state index contributed by atoms with van der Waals surface area (Å²) in [5.74, 6) is 0. The number of rotatable bonds is 8. The molecule has 2 heteroatoms. The van der Waals surface area contributed by atoms with Crippen LogP contribution in [0.3, 0.4) is 0 Å². The van der Waals surface area contributed by atoms with Crippen molar-refractivity contribution in [1.29, 1.82) is 0 Å². The van der Waals surface area contributed by atoms with E-state index < -0.39 is 0 Å². The second-order valence-corrected chi connectivity index (χ2v) is 18.6. The zero-order valence-corrected chi connectivity index (χ0v) is 36.6. The highest BCUT2D eigenvalue weighted by Crippen LogP contribution is 2.54. The average molecular weight is 811 g/mol. The van der Waals surface area contributed by atoms with E-state index >= 15 is 0 Å². The first-order valence-electron chi connectivity index (χ1n) is 22.2. The van der Waals surface area contributed by atoms with Gasteiger partial charge in [0, 0.05) is 39.2 Å². The van der Waals surface area contributed by atoms with Gasteiger partial charge in [0.25, 0.3) is 0 Å². The summed E-state index contributed by atoms with van der Waals surface area (Å²) in [6.07, 6.45) is 4.48. The number of para-hydroxylation sites is 2. The Labute approximate surface area is 372 Å². The van der Waals surface area contributed by atoms with Gasteiger partial charge in [-0.05, 0) is 139 Å². The zero-order valence-electron chi connectivity index (χ0n) is 36.6. The SMILES string of the molecule is CC(C)(C)c1ccc(N(c2ccc3c(c2)C(C)(C)c2cc(/C=C/c4ccc(N(c5ccccc5)c5ccccc5)cc4)ccc2-3)c2ccc3c4c(cccc24)-c2ccccc2-3)cc1. The van der Waals surface area contributed by atoms with Gasteiger partial charge in [0.2, 0.25) is 0 Å². The predicted molar refractivity (Wildman–Crippen MR) is 269 cm³/mol. The van der Waals surface area contributed by atoms with Crippen LogP contribution in [0.25, 0.3) is 56.3 Å². The molecule has 0 amide bonds. The van der Waals surface area contributed by atoms with Gasteiger partial charge in [-0.15, -0.1) is 0 Å². The first-order chi connectivity index (χ1) is 30.6. The fourth-order valence-electron chi connectivity index (χ4n) is 10.0. The smallest absolute Gasteiger partial charge is 0.0540 e. The van der Waals surface area contributed by atoms with Crippen LogP contribution in [0.5, 0.6) is 0 Å². The van der Waals surface area contributed by atoms with Crippen LogP contribution in [-0.4, -0.2) is 0 Å². The average Bonchev–Trinajstić information content (AvgIpc) is 3.75. The van der Waals surface area contributed by atoms with Crippen molar-refractivity contribution in [2.45, 2.75) is 45.4 Å². The van der Waals surface area contributed by atoms with E-state index in [4.69, 9.17) is 0 Å². The summed E-state index contributed by atoms with van der Waals surface area (Å²) in [5.41, 5.74) is 21.0. The molecule has 11 rings (SSSR count). The summed E-state index contributed by atoms with van der Waals surface area (Å²) in [5, 5.41) is 2.60. The van der Waals surface area contributed by atoms with E-state index in [1.54, 1.807) is 0 Å². The maximum Gasteiger partial charge on any atom is 0.0540 e. The summed E-state index contributed by atoms with van der Waals surface area (Å²) in [6, 6.07) is 73.6. The minimum Gasteiger partial charge on any atom is -0.311 e. The predicted octanol–water partition coefficient (Wildman–Crippen LogP) is 17.2. The molecule has 2 aliphatic rings. The number of nitrogens with zero attached hydrogens (tertiary/aromatic N) is 2. The molecular formula is C61H50N2. The van der Waals surface area contributed by atoms with E-state index in [0.717, 1.165) is 34.0 Å². The molecule has 9 aromatic carbocycles. The largest absolute Gasteiger partial charge is 0.311 e. The topological polar surface area (TPSA) is 6.48 Å². The van der Waals surface area contributed by atoms with Crippen molar-refractivity contribution in [3.8, 4) is 33.4 Å².